The molecule has 0 unspecified atom stereocenters. The molecule has 3 aromatic rings. The topological polar surface area (TPSA) is 79.8 Å². The number of likely N-dealkylation sites (N-methyl/N-ethyl adjacent to an activating group) is 1. The molecular formula is C25H29N5O3. The minimum absolute atomic E-state index is 0.0634. The molecular weight excluding hydrogens is 418 g/mol. The molecule has 1 fully saturated rings. The fourth-order valence-electron chi connectivity index (χ4n) is 3.56. The lowest BCUT2D eigenvalue weighted by Gasteiger charge is -2.33. The molecule has 8 heteroatoms. The van der Waals surface area contributed by atoms with Crippen LogP contribution < -0.4 is 10.1 Å². The van der Waals surface area contributed by atoms with Gasteiger partial charge in [0.2, 0.25) is 0 Å². The Bertz CT molecular complexity index is 1060. The predicted molar refractivity (Wildman–Crippen MR) is 127 cm³/mol. The number of aromatic nitrogens is 2. The summed E-state index contributed by atoms with van der Waals surface area (Å²) in [5.41, 5.74) is 1.33. The van der Waals surface area contributed by atoms with Crippen LogP contribution in [0.2, 0.25) is 0 Å². The van der Waals surface area contributed by atoms with Crippen molar-refractivity contribution in [2.75, 3.05) is 52.3 Å². The van der Waals surface area contributed by atoms with Crippen molar-refractivity contribution in [2.24, 2.45) is 0 Å². The maximum absolute atomic E-state index is 13.3. The molecule has 1 N–H and O–H groups in total. The zero-order valence-corrected chi connectivity index (χ0v) is 19.0. The van der Waals surface area contributed by atoms with Crippen LogP contribution in [0.15, 0.2) is 66.9 Å². The summed E-state index contributed by atoms with van der Waals surface area (Å²) in [5, 5.41) is 3.20. The van der Waals surface area contributed by atoms with Gasteiger partial charge in [-0.3, -0.25) is 4.79 Å². The Hall–Kier alpha value is -3.49. The third kappa shape index (κ3) is 6.06. The van der Waals surface area contributed by atoms with Crippen LogP contribution >= 0.6 is 0 Å². The number of carbonyl (C=O) groups excluding carboxylic acids is 1. The SMILES string of the molecule is CN(C)CCOc1ccccc1C(=O)N1CCO[C@H](c2cccc(Nc3ccccn3)n2)C1. The maximum Gasteiger partial charge on any atom is 0.257 e. The molecule has 4 rings (SSSR count). The van der Waals surface area contributed by atoms with E-state index in [1.807, 2.05) is 84.6 Å². The van der Waals surface area contributed by atoms with E-state index in [1.54, 1.807) is 6.20 Å². The van der Waals surface area contributed by atoms with Gasteiger partial charge in [-0.15, -0.1) is 0 Å². The van der Waals surface area contributed by atoms with E-state index in [2.05, 4.69) is 15.3 Å². The molecule has 1 atom stereocenters. The normalized spacial score (nSPS) is 16.0. The summed E-state index contributed by atoms with van der Waals surface area (Å²) < 4.78 is 11.9. The standard InChI is InChI=1S/C25H29N5O3/c1-29(2)14-16-32-21-10-4-3-8-19(21)25(31)30-15-17-33-22(18-30)20-9-7-12-24(27-20)28-23-11-5-6-13-26-23/h3-13,22H,14-18H2,1-2H3,(H,26,27,28)/t22-/m0/s1. The van der Waals surface area contributed by atoms with E-state index >= 15 is 0 Å². The Labute approximate surface area is 194 Å². The quantitative estimate of drug-likeness (QED) is 0.567. The lowest BCUT2D eigenvalue weighted by atomic mass is 10.1. The first-order valence-electron chi connectivity index (χ1n) is 11.0. The number of para-hydroxylation sites is 1. The van der Waals surface area contributed by atoms with Crippen LogP contribution in [0.1, 0.15) is 22.2 Å². The van der Waals surface area contributed by atoms with Crippen molar-refractivity contribution in [3.8, 4) is 5.75 Å². The zero-order chi connectivity index (χ0) is 23.0. The Morgan fingerprint density at radius 2 is 1.94 bits per heavy atom. The van der Waals surface area contributed by atoms with Crippen molar-refractivity contribution < 1.29 is 14.3 Å². The monoisotopic (exact) mass is 447 g/mol. The summed E-state index contributed by atoms with van der Waals surface area (Å²) in [6.45, 7) is 2.68. The van der Waals surface area contributed by atoms with Gasteiger partial charge in [-0.2, -0.15) is 0 Å². The molecule has 1 aromatic carbocycles. The summed E-state index contributed by atoms with van der Waals surface area (Å²) in [6.07, 6.45) is 1.41. The number of nitrogens with zero attached hydrogens (tertiary/aromatic N) is 4. The molecule has 0 saturated carbocycles. The number of anilines is 2. The van der Waals surface area contributed by atoms with E-state index in [-0.39, 0.29) is 12.0 Å². The van der Waals surface area contributed by atoms with Crippen molar-refractivity contribution in [2.45, 2.75) is 6.10 Å². The summed E-state index contributed by atoms with van der Waals surface area (Å²) in [6, 6.07) is 18.8. The molecule has 1 aliphatic heterocycles. The predicted octanol–water partition coefficient (Wildman–Crippen LogP) is 3.37. The van der Waals surface area contributed by atoms with Crippen molar-refractivity contribution >= 4 is 17.5 Å². The molecule has 1 saturated heterocycles. The largest absolute Gasteiger partial charge is 0.491 e. The highest BCUT2D eigenvalue weighted by Gasteiger charge is 2.28. The number of rotatable bonds is 8. The smallest absolute Gasteiger partial charge is 0.257 e. The molecule has 33 heavy (non-hydrogen) atoms. The van der Waals surface area contributed by atoms with Crippen LogP contribution in [0.3, 0.4) is 0 Å². The number of hydrogen-bond donors (Lipinski definition) is 1. The van der Waals surface area contributed by atoms with Crippen molar-refractivity contribution in [3.63, 3.8) is 0 Å². The highest BCUT2D eigenvalue weighted by molar-refractivity contribution is 5.97. The molecule has 3 heterocycles. The van der Waals surface area contributed by atoms with Crippen LogP contribution in [0.4, 0.5) is 11.6 Å². The molecule has 0 bridgehead atoms. The summed E-state index contributed by atoms with van der Waals surface area (Å²) in [7, 11) is 3.98. The van der Waals surface area contributed by atoms with Crippen LogP contribution in [0.5, 0.6) is 5.75 Å². The van der Waals surface area contributed by atoms with Gasteiger partial charge >= 0.3 is 0 Å². The highest BCUT2D eigenvalue weighted by Crippen LogP contribution is 2.26. The Morgan fingerprint density at radius 3 is 2.76 bits per heavy atom. The van der Waals surface area contributed by atoms with Gasteiger partial charge in [-0.05, 0) is 50.5 Å². The third-order valence-electron chi connectivity index (χ3n) is 5.29. The molecule has 0 spiro atoms. The van der Waals surface area contributed by atoms with Crippen molar-refractivity contribution in [1.82, 2.24) is 19.8 Å². The number of pyridine rings is 2. The van der Waals surface area contributed by atoms with Gasteiger partial charge in [0.1, 0.15) is 30.1 Å². The van der Waals surface area contributed by atoms with Gasteiger partial charge in [0.15, 0.2) is 0 Å². The van der Waals surface area contributed by atoms with Crippen molar-refractivity contribution in [1.29, 1.82) is 0 Å². The lowest BCUT2D eigenvalue weighted by Crippen LogP contribution is -2.42. The van der Waals surface area contributed by atoms with Gasteiger partial charge in [0.05, 0.1) is 24.4 Å². The Morgan fingerprint density at radius 1 is 1.12 bits per heavy atom. The maximum atomic E-state index is 13.3. The van der Waals surface area contributed by atoms with Crippen molar-refractivity contribution in [3.05, 3.63) is 78.1 Å². The van der Waals surface area contributed by atoms with Crippen LogP contribution in [-0.4, -0.2) is 72.6 Å². The minimum atomic E-state index is -0.310. The first-order chi connectivity index (χ1) is 16.1. The molecule has 1 aliphatic rings. The fourth-order valence-corrected chi connectivity index (χ4v) is 3.56. The number of amides is 1. The molecule has 1 amide bonds. The molecule has 172 valence electrons. The van der Waals surface area contributed by atoms with Gasteiger partial charge in [0.25, 0.3) is 5.91 Å². The van der Waals surface area contributed by atoms with E-state index in [0.717, 1.165) is 18.1 Å². The first kappa shape index (κ1) is 22.7. The average Bonchev–Trinajstić information content (AvgIpc) is 2.85. The Balaban J connectivity index is 1.45. The van der Waals surface area contributed by atoms with Crippen LogP contribution in [-0.2, 0) is 4.74 Å². The number of hydrogen-bond acceptors (Lipinski definition) is 7. The molecule has 0 aliphatic carbocycles. The number of carbonyl (C=O) groups is 1. The summed E-state index contributed by atoms with van der Waals surface area (Å²) >= 11 is 0. The number of benzene rings is 1. The number of ether oxygens (including phenoxy) is 2. The number of morpholine rings is 1. The molecule has 8 nitrogen and oxygen atoms in total. The van der Waals surface area contributed by atoms with E-state index in [1.165, 1.54) is 0 Å². The second kappa shape index (κ2) is 10.9. The average molecular weight is 448 g/mol. The minimum Gasteiger partial charge on any atom is -0.491 e. The zero-order valence-electron chi connectivity index (χ0n) is 19.0. The second-order valence-electron chi connectivity index (χ2n) is 8.05. The van der Waals surface area contributed by atoms with E-state index in [0.29, 0.717) is 43.4 Å². The van der Waals surface area contributed by atoms with Gasteiger partial charge in [-0.1, -0.05) is 24.3 Å². The second-order valence-corrected chi connectivity index (χ2v) is 8.05. The van der Waals surface area contributed by atoms with Crippen LogP contribution in [0.25, 0.3) is 0 Å². The first-order valence-corrected chi connectivity index (χ1v) is 11.0. The van der Waals surface area contributed by atoms with Gasteiger partial charge in [0, 0.05) is 19.3 Å². The molecule has 0 radical (unpaired) electrons. The Kier molecular flexibility index (Phi) is 7.49. The van der Waals surface area contributed by atoms with Gasteiger partial charge in [-0.25, -0.2) is 9.97 Å². The van der Waals surface area contributed by atoms with E-state index in [9.17, 15) is 4.79 Å². The summed E-state index contributed by atoms with van der Waals surface area (Å²) in [5.74, 6) is 1.94. The number of nitrogens with one attached hydrogen (secondary N) is 1. The highest BCUT2D eigenvalue weighted by atomic mass is 16.5. The van der Waals surface area contributed by atoms with E-state index in [4.69, 9.17) is 9.47 Å². The van der Waals surface area contributed by atoms with Crippen LogP contribution in [0, 0.1) is 0 Å². The lowest BCUT2D eigenvalue weighted by molar-refractivity contribution is -0.0247. The molecule has 2 aromatic heterocycles. The summed E-state index contributed by atoms with van der Waals surface area (Å²) in [4.78, 5) is 26.2. The van der Waals surface area contributed by atoms with Gasteiger partial charge < -0.3 is 24.6 Å². The van der Waals surface area contributed by atoms with E-state index < -0.39 is 0 Å². The third-order valence-corrected chi connectivity index (χ3v) is 5.29. The fraction of sp³-hybridized carbons (Fsp3) is 0.320.